The van der Waals surface area contributed by atoms with Crippen LogP contribution in [-0.2, 0) is 29.5 Å². The fourth-order valence-corrected chi connectivity index (χ4v) is 1.63. The lowest BCUT2D eigenvalue weighted by Gasteiger charge is -2.27. The van der Waals surface area contributed by atoms with Gasteiger partial charge in [0.25, 0.3) is 0 Å². The monoisotopic (exact) mass is 264 g/mol. The molecule has 0 aromatic heterocycles. The molecule has 0 amide bonds. The molecule has 5 nitrogen and oxygen atoms in total. The summed E-state index contributed by atoms with van der Waals surface area (Å²) in [4.78, 5) is 34.1. The number of ketones is 1. The maximum atomic E-state index is 12.2. The van der Waals surface area contributed by atoms with Crippen molar-refractivity contribution in [3.05, 3.63) is 35.9 Å². The van der Waals surface area contributed by atoms with Crippen LogP contribution < -0.4 is 0 Å². The summed E-state index contributed by atoms with van der Waals surface area (Å²) in [7, 11) is 0. The molecule has 0 fully saturated rings. The fourth-order valence-electron chi connectivity index (χ4n) is 1.63. The third kappa shape index (κ3) is 3.91. The Labute approximate surface area is 111 Å². The Hall–Kier alpha value is -2.17. The number of Topliss-reactive ketones (excluding diaryl/α,β-unsaturated/α-hetero) is 1. The SMILES string of the molecule is CC(=O)OCC(=O)C(C)(OC(C)=O)c1ccccc1. The number of rotatable bonds is 5. The zero-order valence-electron chi connectivity index (χ0n) is 11.1. The van der Waals surface area contributed by atoms with Crippen molar-refractivity contribution in [1.82, 2.24) is 0 Å². The number of hydrogen-bond acceptors (Lipinski definition) is 5. The predicted octanol–water partition coefficient (Wildman–Crippen LogP) is 1.60. The first-order chi connectivity index (χ1) is 8.86. The first-order valence-electron chi connectivity index (χ1n) is 5.78. The number of ether oxygens (including phenoxy) is 2. The minimum Gasteiger partial charge on any atom is -0.458 e. The van der Waals surface area contributed by atoms with Crippen LogP contribution in [0.4, 0.5) is 0 Å². The molecule has 5 heteroatoms. The molecule has 0 radical (unpaired) electrons. The van der Waals surface area contributed by atoms with Crippen LogP contribution in [0.3, 0.4) is 0 Å². The van der Waals surface area contributed by atoms with Crippen molar-refractivity contribution in [2.75, 3.05) is 6.61 Å². The van der Waals surface area contributed by atoms with E-state index in [1.807, 2.05) is 0 Å². The van der Waals surface area contributed by atoms with Gasteiger partial charge in [0.2, 0.25) is 5.78 Å². The van der Waals surface area contributed by atoms with Crippen LogP contribution in [0.5, 0.6) is 0 Å². The lowest BCUT2D eigenvalue weighted by molar-refractivity contribution is -0.168. The van der Waals surface area contributed by atoms with E-state index in [1.54, 1.807) is 30.3 Å². The minimum absolute atomic E-state index is 0.437. The Kier molecular flexibility index (Phi) is 4.80. The van der Waals surface area contributed by atoms with Crippen LogP contribution in [0.1, 0.15) is 26.3 Å². The van der Waals surface area contributed by atoms with Crippen molar-refractivity contribution < 1.29 is 23.9 Å². The average Bonchev–Trinajstić information content (AvgIpc) is 2.36. The number of carbonyl (C=O) groups excluding carboxylic acids is 3. The van der Waals surface area contributed by atoms with Crippen LogP contribution in [0.25, 0.3) is 0 Å². The van der Waals surface area contributed by atoms with Crippen LogP contribution in [0, 0.1) is 0 Å². The van der Waals surface area contributed by atoms with Crippen LogP contribution >= 0.6 is 0 Å². The van der Waals surface area contributed by atoms with E-state index in [1.165, 1.54) is 20.8 Å². The molecule has 0 aliphatic heterocycles. The molecule has 1 aromatic carbocycles. The van der Waals surface area contributed by atoms with Crippen LogP contribution in [0.2, 0.25) is 0 Å². The van der Waals surface area contributed by atoms with Gasteiger partial charge >= 0.3 is 11.9 Å². The summed E-state index contributed by atoms with van der Waals surface area (Å²) in [6.45, 7) is 3.48. The number of hydrogen-bond donors (Lipinski definition) is 0. The summed E-state index contributed by atoms with van der Waals surface area (Å²) >= 11 is 0. The Morgan fingerprint density at radius 2 is 1.63 bits per heavy atom. The maximum Gasteiger partial charge on any atom is 0.303 e. The van der Waals surface area contributed by atoms with Crippen LogP contribution in [-0.4, -0.2) is 24.3 Å². The number of carbonyl (C=O) groups is 3. The molecule has 0 N–H and O–H groups in total. The lowest BCUT2D eigenvalue weighted by Crippen LogP contribution is -2.40. The smallest absolute Gasteiger partial charge is 0.303 e. The van der Waals surface area contributed by atoms with E-state index >= 15 is 0 Å². The molecule has 1 aromatic rings. The van der Waals surface area contributed by atoms with Gasteiger partial charge in [0, 0.05) is 19.4 Å². The molecule has 0 aliphatic carbocycles. The molecule has 1 atom stereocenters. The van der Waals surface area contributed by atoms with E-state index in [0.29, 0.717) is 5.56 Å². The molecule has 1 unspecified atom stereocenters. The van der Waals surface area contributed by atoms with Gasteiger partial charge in [0.05, 0.1) is 0 Å². The lowest BCUT2D eigenvalue weighted by atomic mass is 9.91. The maximum absolute atomic E-state index is 12.2. The molecule has 0 saturated heterocycles. The summed E-state index contributed by atoms with van der Waals surface area (Å²) in [5, 5.41) is 0. The van der Waals surface area contributed by atoms with Crippen molar-refractivity contribution in [2.45, 2.75) is 26.4 Å². The highest BCUT2D eigenvalue weighted by molar-refractivity contribution is 5.92. The second-order valence-corrected chi connectivity index (χ2v) is 4.20. The van der Waals surface area contributed by atoms with E-state index in [2.05, 4.69) is 4.74 Å². The third-order valence-corrected chi connectivity index (χ3v) is 2.61. The van der Waals surface area contributed by atoms with Gasteiger partial charge in [0.1, 0.15) is 0 Å². The normalized spacial score (nSPS) is 13.2. The van der Waals surface area contributed by atoms with Gasteiger partial charge in [-0.1, -0.05) is 30.3 Å². The highest BCUT2D eigenvalue weighted by Crippen LogP contribution is 2.26. The fraction of sp³-hybridized carbons (Fsp3) is 0.357. The van der Waals surface area contributed by atoms with Gasteiger partial charge in [-0.05, 0) is 6.92 Å². The largest absolute Gasteiger partial charge is 0.458 e. The molecule has 0 aliphatic rings. The molecule has 1 rings (SSSR count). The van der Waals surface area contributed by atoms with Gasteiger partial charge in [-0.25, -0.2) is 0 Å². The van der Waals surface area contributed by atoms with Gasteiger partial charge in [-0.15, -0.1) is 0 Å². The first kappa shape index (κ1) is 14.9. The molecular formula is C14H16O5. The quantitative estimate of drug-likeness (QED) is 0.755. The Morgan fingerprint density at radius 1 is 1.05 bits per heavy atom. The molecular weight excluding hydrogens is 248 g/mol. The predicted molar refractivity (Wildman–Crippen MR) is 67.2 cm³/mol. The van der Waals surface area contributed by atoms with Gasteiger partial charge in [-0.3, -0.25) is 14.4 Å². The Balaban J connectivity index is 3.02. The van der Waals surface area contributed by atoms with Crippen molar-refractivity contribution in [2.24, 2.45) is 0 Å². The standard InChI is InChI=1S/C14H16O5/c1-10(15)18-9-13(17)14(3,19-11(2)16)12-7-5-4-6-8-12/h4-8H,9H2,1-3H3. The zero-order valence-corrected chi connectivity index (χ0v) is 11.1. The third-order valence-electron chi connectivity index (χ3n) is 2.61. The second-order valence-electron chi connectivity index (χ2n) is 4.20. The number of benzene rings is 1. The summed E-state index contributed by atoms with van der Waals surface area (Å²) in [5.74, 6) is -1.64. The summed E-state index contributed by atoms with van der Waals surface area (Å²) in [5.41, 5.74) is -0.926. The van der Waals surface area contributed by atoms with Crippen LogP contribution in [0.15, 0.2) is 30.3 Å². The average molecular weight is 264 g/mol. The van der Waals surface area contributed by atoms with E-state index in [0.717, 1.165) is 0 Å². The first-order valence-corrected chi connectivity index (χ1v) is 5.78. The van der Waals surface area contributed by atoms with Gasteiger partial charge < -0.3 is 9.47 Å². The molecule has 0 heterocycles. The summed E-state index contributed by atoms with van der Waals surface area (Å²) in [6, 6.07) is 8.60. The van der Waals surface area contributed by atoms with Crippen molar-refractivity contribution >= 4 is 17.7 Å². The summed E-state index contributed by atoms with van der Waals surface area (Å²) in [6.07, 6.45) is 0. The van der Waals surface area contributed by atoms with E-state index in [-0.39, 0.29) is 0 Å². The van der Waals surface area contributed by atoms with Crippen molar-refractivity contribution in [3.8, 4) is 0 Å². The Morgan fingerprint density at radius 3 is 2.11 bits per heavy atom. The second kappa shape index (κ2) is 6.13. The molecule has 19 heavy (non-hydrogen) atoms. The van der Waals surface area contributed by atoms with Gasteiger partial charge in [0.15, 0.2) is 12.2 Å². The molecule has 0 spiro atoms. The van der Waals surface area contributed by atoms with Crippen molar-refractivity contribution in [1.29, 1.82) is 0 Å². The van der Waals surface area contributed by atoms with E-state index in [4.69, 9.17) is 4.74 Å². The Bertz CT molecular complexity index is 480. The van der Waals surface area contributed by atoms with Gasteiger partial charge in [-0.2, -0.15) is 0 Å². The highest BCUT2D eigenvalue weighted by Gasteiger charge is 2.38. The molecule has 0 bridgehead atoms. The number of esters is 2. The molecule has 102 valence electrons. The minimum atomic E-state index is -1.46. The topological polar surface area (TPSA) is 69.7 Å². The highest BCUT2D eigenvalue weighted by atomic mass is 16.6. The van der Waals surface area contributed by atoms with E-state index in [9.17, 15) is 14.4 Å². The van der Waals surface area contributed by atoms with Crippen molar-refractivity contribution in [3.63, 3.8) is 0 Å². The zero-order chi connectivity index (χ0) is 14.5. The summed E-state index contributed by atoms with van der Waals surface area (Å²) < 4.78 is 9.81. The molecule has 0 saturated carbocycles. The van der Waals surface area contributed by atoms with E-state index < -0.39 is 29.9 Å².